The second kappa shape index (κ2) is 3.89. The van der Waals surface area contributed by atoms with Crippen LogP contribution in [0.25, 0.3) is 38.9 Å². The van der Waals surface area contributed by atoms with Crippen LogP contribution in [0, 0.1) is 0 Å². The number of hydrogen-bond acceptors (Lipinski definition) is 1. The van der Waals surface area contributed by atoms with Gasteiger partial charge in [0.05, 0.1) is 5.52 Å². The smallest absolute Gasteiger partial charge is 0.137 e. The van der Waals surface area contributed by atoms with Crippen molar-refractivity contribution in [2.24, 2.45) is 0 Å². The van der Waals surface area contributed by atoms with E-state index in [0.29, 0.717) is 0 Å². The first kappa shape index (κ1) is 11.0. The maximum atomic E-state index is 6.03. The SMILES string of the molecule is C1=CCc2c(oc3ccc4c5ccccc5[nH]c4c23)C=C1. The van der Waals surface area contributed by atoms with Gasteiger partial charge in [-0.3, -0.25) is 0 Å². The molecule has 0 radical (unpaired) electrons. The van der Waals surface area contributed by atoms with Crippen molar-refractivity contribution in [2.75, 3.05) is 0 Å². The molecule has 0 spiro atoms. The minimum atomic E-state index is 0.907. The molecule has 1 aliphatic carbocycles. The average molecular weight is 271 g/mol. The molecule has 1 N–H and O–H groups in total. The summed E-state index contributed by atoms with van der Waals surface area (Å²) in [4.78, 5) is 3.57. The number of H-pyrrole nitrogens is 1. The topological polar surface area (TPSA) is 28.9 Å². The zero-order valence-electron chi connectivity index (χ0n) is 11.4. The Morgan fingerprint density at radius 2 is 1.90 bits per heavy atom. The maximum Gasteiger partial charge on any atom is 0.137 e. The van der Waals surface area contributed by atoms with E-state index < -0.39 is 0 Å². The van der Waals surface area contributed by atoms with Crippen molar-refractivity contribution in [3.63, 3.8) is 0 Å². The Morgan fingerprint density at radius 3 is 2.90 bits per heavy atom. The molecule has 2 aromatic carbocycles. The van der Waals surface area contributed by atoms with Gasteiger partial charge in [0.25, 0.3) is 0 Å². The Morgan fingerprint density at radius 1 is 0.952 bits per heavy atom. The van der Waals surface area contributed by atoms with Crippen LogP contribution in [0.1, 0.15) is 11.3 Å². The van der Waals surface area contributed by atoms with Gasteiger partial charge in [0.15, 0.2) is 0 Å². The Hall–Kier alpha value is -2.74. The van der Waals surface area contributed by atoms with Gasteiger partial charge in [-0.1, -0.05) is 36.4 Å². The molecule has 0 fully saturated rings. The predicted molar refractivity (Wildman–Crippen MR) is 87.5 cm³/mol. The third-order valence-corrected chi connectivity index (χ3v) is 4.28. The van der Waals surface area contributed by atoms with Gasteiger partial charge in [-0.25, -0.2) is 0 Å². The van der Waals surface area contributed by atoms with E-state index in [4.69, 9.17) is 4.42 Å². The minimum Gasteiger partial charge on any atom is -0.456 e. The second-order valence-electron chi connectivity index (χ2n) is 5.47. The van der Waals surface area contributed by atoms with Gasteiger partial charge in [0.2, 0.25) is 0 Å². The van der Waals surface area contributed by atoms with Crippen molar-refractivity contribution in [2.45, 2.75) is 6.42 Å². The van der Waals surface area contributed by atoms with Gasteiger partial charge in [-0.2, -0.15) is 0 Å². The van der Waals surface area contributed by atoms with Gasteiger partial charge in [0, 0.05) is 27.2 Å². The first-order valence-electron chi connectivity index (χ1n) is 7.20. The van der Waals surface area contributed by atoms with Crippen molar-refractivity contribution in [3.8, 4) is 0 Å². The Kier molecular flexibility index (Phi) is 2.03. The van der Waals surface area contributed by atoms with Crippen LogP contribution in [-0.4, -0.2) is 4.98 Å². The predicted octanol–water partition coefficient (Wildman–Crippen LogP) is 5.19. The quantitative estimate of drug-likeness (QED) is 0.468. The largest absolute Gasteiger partial charge is 0.456 e. The molecule has 21 heavy (non-hydrogen) atoms. The molecular weight excluding hydrogens is 258 g/mol. The number of benzene rings is 2. The van der Waals surface area contributed by atoms with E-state index in [0.717, 1.165) is 17.8 Å². The van der Waals surface area contributed by atoms with E-state index in [2.05, 4.69) is 53.5 Å². The van der Waals surface area contributed by atoms with E-state index in [-0.39, 0.29) is 0 Å². The van der Waals surface area contributed by atoms with E-state index in [1.807, 2.05) is 12.2 Å². The van der Waals surface area contributed by atoms with Gasteiger partial charge in [-0.05, 0) is 30.7 Å². The zero-order chi connectivity index (χ0) is 13.8. The standard InChI is InChI=1S/C19H13NO/c1-2-7-14-16(9-3-1)21-17-11-10-13-12-6-4-5-8-15(12)20-19(13)18(14)17/h1-6,8-11,20H,7H2. The lowest BCUT2D eigenvalue weighted by molar-refractivity contribution is 0.600. The lowest BCUT2D eigenvalue weighted by Gasteiger charge is -1.96. The molecule has 2 nitrogen and oxygen atoms in total. The molecule has 0 aliphatic heterocycles. The summed E-state index contributed by atoms with van der Waals surface area (Å²) in [5, 5.41) is 3.75. The molecule has 1 aliphatic rings. The Labute approximate surface area is 121 Å². The molecule has 100 valence electrons. The highest BCUT2D eigenvalue weighted by Gasteiger charge is 2.17. The van der Waals surface area contributed by atoms with Crippen molar-refractivity contribution in [1.82, 2.24) is 4.98 Å². The first-order chi connectivity index (χ1) is 10.4. The molecule has 0 saturated heterocycles. The van der Waals surface area contributed by atoms with Crippen molar-refractivity contribution < 1.29 is 4.42 Å². The number of nitrogens with one attached hydrogen (secondary N) is 1. The molecule has 0 amide bonds. The van der Waals surface area contributed by atoms with Crippen LogP contribution in [0.5, 0.6) is 0 Å². The van der Waals surface area contributed by atoms with E-state index in [1.165, 1.54) is 32.8 Å². The van der Waals surface area contributed by atoms with E-state index in [1.54, 1.807) is 0 Å². The third kappa shape index (κ3) is 1.42. The highest BCUT2D eigenvalue weighted by atomic mass is 16.3. The number of aromatic nitrogens is 1. The molecule has 5 rings (SSSR count). The van der Waals surface area contributed by atoms with Crippen LogP contribution in [0.3, 0.4) is 0 Å². The van der Waals surface area contributed by atoms with Crippen molar-refractivity contribution >= 4 is 38.9 Å². The minimum absolute atomic E-state index is 0.907. The summed E-state index contributed by atoms with van der Waals surface area (Å²) in [6, 6.07) is 12.7. The summed E-state index contributed by atoms with van der Waals surface area (Å²) in [5.74, 6) is 0.973. The van der Waals surface area contributed by atoms with E-state index >= 15 is 0 Å². The number of rotatable bonds is 0. The Bertz CT molecular complexity index is 1060. The summed E-state index contributed by atoms with van der Waals surface area (Å²) in [6.07, 6.45) is 9.25. The molecule has 2 heterocycles. The fraction of sp³-hybridized carbons (Fsp3) is 0.0526. The number of hydrogen-bond donors (Lipinski definition) is 1. The summed E-state index contributed by atoms with van der Waals surface area (Å²) in [5.41, 5.74) is 4.59. The van der Waals surface area contributed by atoms with Crippen LogP contribution in [-0.2, 0) is 6.42 Å². The van der Waals surface area contributed by atoms with Gasteiger partial charge in [0.1, 0.15) is 11.3 Å². The van der Waals surface area contributed by atoms with Crippen LogP contribution >= 0.6 is 0 Å². The Balaban J connectivity index is 2.01. The molecular formula is C19H13NO. The van der Waals surface area contributed by atoms with E-state index in [9.17, 15) is 0 Å². The average Bonchev–Trinajstić information content (AvgIpc) is 2.97. The van der Waals surface area contributed by atoms with Gasteiger partial charge >= 0.3 is 0 Å². The summed E-state index contributed by atoms with van der Waals surface area (Å²) in [7, 11) is 0. The fourth-order valence-corrected chi connectivity index (χ4v) is 3.33. The second-order valence-corrected chi connectivity index (χ2v) is 5.47. The lowest BCUT2D eigenvalue weighted by atomic mass is 10.0. The number of furan rings is 1. The van der Waals surface area contributed by atoms with Gasteiger partial charge < -0.3 is 9.40 Å². The first-order valence-corrected chi connectivity index (χ1v) is 7.20. The van der Waals surface area contributed by atoms with Crippen molar-refractivity contribution in [3.05, 3.63) is 65.9 Å². The molecule has 2 heteroatoms. The fourth-order valence-electron chi connectivity index (χ4n) is 3.33. The molecule has 0 saturated carbocycles. The van der Waals surface area contributed by atoms with Crippen LogP contribution in [0.2, 0.25) is 0 Å². The maximum absolute atomic E-state index is 6.03. The van der Waals surface area contributed by atoms with Crippen LogP contribution in [0.4, 0.5) is 0 Å². The lowest BCUT2D eigenvalue weighted by Crippen LogP contribution is -1.82. The van der Waals surface area contributed by atoms with Gasteiger partial charge in [-0.15, -0.1) is 0 Å². The van der Waals surface area contributed by atoms with Crippen molar-refractivity contribution in [1.29, 1.82) is 0 Å². The molecule has 4 aromatic rings. The highest BCUT2D eigenvalue weighted by molar-refractivity contribution is 6.17. The summed E-state index contributed by atoms with van der Waals surface area (Å²) in [6.45, 7) is 0. The molecule has 0 bridgehead atoms. The van der Waals surface area contributed by atoms with Crippen LogP contribution < -0.4 is 0 Å². The monoisotopic (exact) mass is 271 g/mol. The number of aromatic amines is 1. The third-order valence-electron chi connectivity index (χ3n) is 4.28. The summed E-state index contributed by atoms with van der Waals surface area (Å²) < 4.78 is 6.03. The number of allylic oxidation sites excluding steroid dienone is 3. The highest BCUT2D eigenvalue weighted by Crippen LogP contribution is 2.37. The number of para-hydroxylation sites is 1. The molecule has 2 aromatic heterocycles. The van der Waals surface area contributed by atoms with Crippen LogP contribution in [0.15, 0.2) is 59.0 Å². The number of fused-ring (bicyclic) bond motifs is 7. The molecule has 0 unspecified atom stereocenters. The zero-order valence-corrected chi connectivity index (χ0v) is 11.4. The summed E-state index contributed by atoms with van der Waals surface area (Å²) >= 11 is 0. The molecule has 0 atom stereocenters. The normalized spacial score (nSPS) is 14.1.